The summed E-state index contributed by atoms with van der Waals surface area (Å²) in [6, 6.07) is 5.31. The van der Waals surface area contributed by atoms with E-state index in [1.54, 1.807) is 25.2 Å². The van der Waals surface area contributed by atoms with E-state index in [9.17, 15) is 5.11 Å². The Balaban J connectivity index is 1.72. The van der Waals surface area contributed by atoms with Crippen molar-refractivity contribution in [3.63, 3.8) is 0 Å². The minimum atomic E-state index is -0.628. The molecule has 0 aliphatic carbocycles. The van der Waals surface area contributed by atoms with Crippen LogP contribution in [0, 0.1) is 26.7 Å². The number of rotatable bonds is 10. The fourth-order valence-corrected chi connectivity index (χ4v) is 4.31. The molecule has 2 aromatic heterocycles. The van der Waals surface area contributed by atoms with Crippen LogP contribution in [0.3, 0.4) is 0 Å². The topological polar surface area (TPSA) is 115 Å². The molecule has 9 nitrogen and oxygen atoms in total. The number of ether oxygens (including phenoxy) is 2. The molecule has 10 heteroatoms. The molecule has 2 unspecified atom stereocenters. The van der Waals surface area contributed by atoms with Gasteiger partial charge in [0, 0.05) is 36.7 Å². The standard InChI is InChI=1S/C25H32ClN5O4/c1-14-23(22-15(2)31-35-16(22)3)29-25(30-24(14)28-10-17-7-8-33-12-17)20-9-19(5-6-21(20)26)34-13-18(32)11-27-4/h5-6,9,17-18,27,32H,7-8,10-13H2,1-4H3,(H,28,29,30). The number of aromatic nitrogens is 3. The number of anilines is 1. The molecule has 3 heterocycles. The van der Waals surface area contributed by atoms with E-state index < -0.39 is 6.10 Å². The Morgan fingerprint density at radius 1 is 1.26 bits per heavy atom. The second kappa shape index (κ2) is 11.3. The third-order valence-corrected chi connectivity index (χ3v) is 6.39. The molecule has 1 aliphatic rings. The molecular formula is C25H32ClN5O4. The highest BCUT2D eigenvalue weighted by atomic mass is 35.5. The van der Waals surface area contributed by atoms with Crippen molar-refractivity contribution in [1.82, 2.24) is 20.4 Å². The summed E-state index contributed by atoms with van der Waals surface area (Å²) in [6.07, 6.45) is 0.391. The van der Waals surface area contributed by atoms with Crippen molar-refractivity contribution in [2.24, 2.45) is 5.92 Å². The van der Waals surface area contributed by atoms with Gasteiger partial charge >= 0.3 is 0 Å². The van der Waals surface area contributed by atoms with E-state index in [4.69, 9.17) is 35.6 Å². The lowest BCUT2D eigenvalue weighted by Gasteiger charge is -2.17. The summed E-state index contributed by atoms with van der Waals surface area (Å²) in [5.41, 5.74) is 3.88. The maximum atomic E-state index is 9.99. The van der Waals surface area contributed by atoms with Gasteiger partial charge in [-0.15, -0.1) is 0 Å². The van der Waals surface area contributed by atoms with Crippen LogP contribution in [0.15, 0.2) is 22.7 Å². The molecule has 188 valence electrons. The van der Waals surface area contributed by atoms with E-state index in [0.717, 1.165) is 54.5 Å². The number of aryl methyl sites for hydroxylation is 2. The van der Waals surface area contributed by atoms with Crippen LogP contribution in [0.5, 0.6) is 5.75 Å². The zero-order valence-electron chi connectivity index (χ0n) is 20.5. The Bertz CT molecular complexity index is 1140. The lowest BCUT2D eigenvalue weighted by molar-refractivity contribution is 0.108. The molecule has 0 radical (unpaired) electrons. The number of halogens is 1. The van der Waals surface area contributed by atoms with Gasteiger partial charge in [0.05, 0.1) is 28.6 Å². The average Bonchev–Trinajstić information content (AvgIpc) is 3.48. The van der Waals surface area contributed by atoms with Gasteiger partial charge in [0.25, 0.3) is 0 Å². The number of hydrogen-bond donors (Lipinski definition) is 3. The minimum Gasteiger partial charge on any atom is -0.491 e. The monoisotopic (exact) mass is 501 g/mol. The normalized spacial score (nSPS) is 16.5. The number of hydrogen-bond acceptors (Lipinski definition) is 9. The molecule has 0 spiro atoms. The van der Waals surface area contributed by atoms with Crippen LogP contribution in [0.1, 0.15) is 23.4 Å². The molecule has 1 fully saturated rings. The SMILES string of the molecule is CNCC(O)COc1ccc(Cl)c(-c2nc(NCC3CCOC3)c(C)c(-c3c(C)noc3C)n2)c1. The van der Waals surface area contributed by atoms with Gasteiger partial charge in [0.15, 0.2) is 5.82 Å². The minimum absolute atomic E-state index is 0.150. The number of aliphatic hydroxyl groups is 1. The van der Waals surface area contributed by atoms with Crippen LogP contribution in [-0.2, 0) is 4.74 Å². The van der Waals surface area contributed by atoms with E-state index in [1.807, 2.05) is 20.8 Å². The van der Waals surface area contributed by atoms with Crippen molar-refractivity contribution < 1.29 is 19.1 Å². The van der Waals surface area contributed by atoms with E-state index in [2.05, 4.69) is 15.8 Å². The molecule has 2 atom stereocenters. The van der Waals surface area contributed by atoms with Gasteiger partial charge in [-0.1, -0.05) is 16.8 Å². The fraction of sp³-hybridized carbons (Fsp3) is 0.480. The van der Waals surface area contributed by atoms with Gasteiger partial charge in [0.1, 0.15) is 30.0 Å². The van der Waals surface area contributed by atoms with Gasteiger partial charge in [-0.2, -0.15) is 0 Å². The maximum Gasteiger partial charge on any atom is 0.163 e. The first-order valence-corrected chi connectivity index (χ1v) is 12.1. The molecule has 1 aromatic carbocycles. The van der Waals surface area contributed by atoms with Crippen molar-refractivity contribution in [1.29, 1.82) is 0 Å². The van der Waals surface area contributed by atoms with E-state index in [-0.39, 0.29) is 6.61 Å². The smallest absolute Gasteiger partial charge is 0.163 e. The van der Waals surface area contributed by atoms with Crippen LogP contribution in [-0.4, -0.2) is 66.3 Å². The summed E-state index contributed by atoms with van der Waals surface area (Å²) < 4.78 is 16.7. The third kappa shape index (κ3) is 5.92. The quantitative estimate of drug-likeness (QED) is 0.381. The summed E-state index contributed by atoms with van der Waals surface area (Å²) in [4.78, 5) is 9.75. The molecule has 3 aromatic rings. The predicted octanol–water partition coefficient (Wildman–Crippen LogP) is 3.78. The summed E-state index contributed by atoms with van der Waals surface area (Å²) in [6.45, 7) is 8.62. The molecular weight excluding hydrogens is 470 g/mol. The highest BCUT2D eigenvalue weighted by molar-refractivity contribution is 6.33. The van der Waals surface area contributed by atoms with Crippen LogP contribution in [0.25, 0.3) is 22.6 Å². The molecule has 1 aliphatic heterocycles. The highest BCUT2D eigenvalue weighted by Crippen LogP contribution is 2.36. The number of aliphatic hydroxyl groups excluding tert-OH is 1. The van der Waals surface area contributed by atoms with Gasteiger partial charge in [-0.25, -0.2) is 9.97 Å². The number of nitrogens with zero attached hydrogens (tertiary/aromatic N) is 3. The predicted molar refractivity (Wildman–Crippen MR) is 135 cm³/mol. The second-order valence-electron chi connectivity index (χ2n) is 8.84. The van der Waals surface area contributed by atoms with E-state index >= 15 is 0 Å². The van der Waals surface area contributed by atoms with Gasteiger partial charge < -0.3 is 29.7 Å². The maximum absolute atomic E-state index is 9.99. The van der Waals surface area contributed by atoms with E-state index in [1.165, 1.54) is 0 Å². The van der Waals surface area contributed by atoms with Crippen molar-refractivity contribution in [3.8, 4) is 28.4 Å². The zero-order chi connectivity index (χ0) is 24.9. The third-order valence-electron chi connectivity index (χ3n) is 6.06. The Morgan fingerprint density at radius 3 is 2.77 bits per heavy atom. The largest absolute Gasteiger partial charge is 0.491 e. The van der Waals surface area contributed by atoms with Gasteiger partial charge in [-0.3, -0.25) is 0 Å². The average molecular weight is 502 g/mol. The first kappa shape index (κ1) is 25.4. The van der Waals surface area contributed by atoms with E-state index in [0.29, 0.717) is 40.4 Å². The van der Waals surface area contributed by atoms with Crippen molar-refractivity contribution in [2.45, 2.75) is 33.3 Å². The lowest BCUT2D eigenvalue weighted by atomic mass is 10.0. The zero-order valence-corrected chi connectivity index (χ0v) is 21.3. The Labute approximate surface area is 210 Å². The Morgan fingerprint density at radius 2 is 2.09 bits per heavy atom. The molecule has 1 saturated heterocycles. The highest BCUT2D eigenvalue weighted by Gasteiger charge is 2.22. The van der Waals surface area contributed by atoms with Crippen LogP contribution >= 0.6 is 11.6 Å². The summed E-state index contributed by atoms with van der Waals surface area (Å²) in [7, 11) is 1.78. The van der Waals surface area contributed by atoms with Crippen molar-refractivity contribution in [2.75, 3.05) is 45.3 Å². The summed E-state index contributed by atoms with van der Waals surface area (Å²) in [5, 5.41) is 21.0. The van der Waals surface area contributed by atoms with Gasteiger partial charge in [0.2, 0.25) is 0 Å². The molecule has 3 N–H and O–H groups in total. The molecule has 4 rings (SSSR count). The van der Waals surface area contributed by atoms with Crippen molar-refractivity contribution in [3.05, 3.63) is 40.2 Å². The Kier molecular flexibility index (Phi) is 8.22. The first-order valence-electron chi connectivity index (χ1n) is 11.8. The second-order valence-corrected chi connectivity index (χ2v) is 9.25. The van der Waals surface area contributed by atoms with Crippen LogP contribution in [0.4, 0.5) is 5.82 Å². The molecule has 0 amide bonds. The summed E-state index contributed by atoms with van der Waals surface area (Å²) >= 11 is 6.59. The fourth-order valence-electron chi connectivity index (χ4n) is 4.11. The number of benzene rings is 1. The first-order chi connectivity index (χ1) is 16.9. The summed E-state index contributed by atoms with van der Waals surface area (Å²) in [5.74, 6) is 2.87. The van der Waals surface area contributed by atoms with Gasteiger partial charge in [-0.05, 0) is 52.4 Å². The number of nitrogens with one attached hydrogen (secondary N) is 2. The Hall–Kier alpha value is -2.72. The van der Waals surface area contributed by atoms with Crippen LogP contribution < -0.4 is 15.4 Å². The number of likely N-dealkylation sites (N-methyl/N-ethyl adjacent to an activating group) is 1. The molecule has 35 heavy (non-hydrogen) atoms. The van der Waals surface area contributed by atoms with Crippen LogP contribution in [0.2, 0.25) is 5.02 Å². The molecule has 0 saturated carbocycles. The molecule has 0 bridgehead atoms. The lowest BCUT2D eigenvalue weighted by Crippen LogP contribution is -2.29. The van der Waals surface area contributed by atoms with Crippen molar-refractivity contribution >= 4 is 17.4 Å².